The van der Waals surface area contributed by atoms with Crippen molar-refractivity contribution < 1.29 is 29.0 Å². The SMILES string of the molecule is CCC(=NC)C1=C(C)CC2(CCOCC2)CNC1=O.CC[C@@H](C)COC(=O)c1ccc(C(=O)O)cc1. The van der Waals surface area contributed by atoms with Crippen molar-refractivity contribution >= 4 is 23.6 Å². The third kappa shape index (κ3) is 8.01. The first-order chi connectivity index (χ1) is 17.2. The lowest BCUT2D eigenvalue weighted by Crippen LogP contribution is -2.40. The maximum Gasteiger partial charge on any atom is 0.338 e. The van der Waals surface area contributed by atoms with Gasteiger partial charge in [-0.25, -0.2) is 9.59 Å². The molecule has 0 aromatic heterocycles. The number of carbonyl (C=O) groups is 3. The molecular formula is C28H40N2O6. The van der Waals surface area contributed by atoms with Gasteiger partial charge in [0.05, 0.1) is 23.3 Å². The molecule has 2 heterocycles. The number of aliphatic imine (C=N–C) groups is 1. The molecule has 0 saturated carbocycles. The normalized spacial score (nSPS) is 18.5. The Balaban J connectivity index is 0.000000255. The smallest absolute Gasteiger partial charge is 0.338 e. The Hall–Kier alpha value is -3.00. The molecule has 2 N–H and O–H groups in total. The topological polar surface area (TPSA) is 114 Å². The molecule has 2 aliphatic rings. The van der Waals surface area contributed by atoms with E-state index in [0.717, 1.165) is 63.1 Å². The first-order valence-corrected chi connectivity index (χ1v) is 12.7. The van der Waals surface area contributed by atoms with Gasteiger partial charge in [-0.1, -0.05) is 32.8 Å². The standard InChI is InChI=1S/C15H24N2O2.C13H16O4/c1-4-12(16-3)13-11(2)9-15(10-17-14(13)18)5-7-19-8-6-15;1-3-9(2)8-17-13(16)11-6-4-10(5-7-11)12(14)15/h4-10H2,1-3H3,(H,17,18);4-7,9H,3,8H2,1-2H3,(H,14,15)/t;9-/m.1/s1. The number of hydrogen-bond acceptors (Lipinski definition) is 6. The van der Waals surface area contributed by atoms with Gasteiger partial charge in [0.25, 0.3) is 5.91 Å². The number of allylic oxidation sites excluding steroid dienone is 1. The molecular weight excluding hydrogens is 460 g/mol. The lowest BCUT2D eigenvalue weighted by atomic mass is 9.75. The summed E-state index contributed by atoms with van der Waals surface area (Å²) in [5, 5.41) is 11.8. The molecule has 2 aliphatic heterocycles. The first kappa shape index (κ1) is 29.2. The molecule has 1 amide bonds. The molecule has 1 atom stereocenters. The second-order valence-electron chi connectivity index (χ2n) is 9.65. The van der Waals surface area contributed by atoms with Gasteiger partial charge < -0.3 is 19.9 Å². The number of benzene rings is 1. The van der Waals surface area contributed by atoms with Gasteiger partial charge in [-0.05, 0) is 68.2 Å². The number of amides is 1. The van der Waals surface area contributed by atoms with Gasteiger partial charge in [0.15, 0.2) is 0 Å². The van der Waals surface area contributed by atoms with E-state index in [2.05, 4.69) is 17.2 Å². The van der Waals surface area contributed by atoms with Crippen LogP contribution in [0.2, 0.25) is 0 Å². The maximum atomic E-state index is 12.3. The summed E-state index contributed by atoms with van der Waals surface area (Å²) in [6.45, 7) is 10.9. The van der Waals surface area contributed by atoms with Crippen molar-refractivity contribution in [3.8, 4) is 0 Å². The third-order valence-corrected chi connectivity index (χ3v) is 6.93. The predicted octanol–water partition coefficient (Wildman–Crippen LogP) is 4.69. The fraction of sp³-hybridized carbons (Fsp3) is 0.571. The zero-order valence-corrected chi connectivity index (χ0v) is 22.2. The molecule has 1 fully saturated rings. The van der Waals surface area contributed by atoms with Gasteiger partial charge >= 0.3 is 11.9 Å². The summed E-state index contributed by atoms with van der Waals surface area (Å²) in [6.07, 6.45) is 4.78. The van der Waals surface area contributed by atoms with E-state index in [1.165, 1.54) is 29.8 Å². The molecule has 1 saturated heterocycles. The van der Waals surface area contributed by atoms with E-state index in [9.17, 15) is 14.4 Å². The summed E-state index contributed by atoms with van der Waals surface area (Å²) >= 11 is 0. The molecule has 198 valence electrons. The summed E-state index contributed by atoms with van der Waals surface area (Å²) in [6, 6.07) is 5.70. The van der Waals surface area contributed by atoms with E-state index in [4.69, 9.17) is 14.6 Å². The van der Waals surface area contributed by atoms with Gasteiger partial charge in [-0.15, -0.1) is 0 Å². The van der Waals surface area contributed by atoms with Gasteiger partial charge in [0.2, 0.25) is 0 Å². The molecule has 1 spiro atoms. The molecule has 8 nitrogen and oxygen atoms in total. The maximum absolute atomic E-state index is 12.3. The van der Waals surface area contributed by atoms with Crippen LogP contribution in [0.4, 0.5) is 0 Å². The molecule has 1 aromatic carbocycles. The second-order valence-corrected chi connectivity index (χ2v) is 9.65. The van der Waals surface area contributed by atoms with E-state index in [1.54, 1.807) is 7.05 Å². The molecule has 3 rings (SSSR count). The highest BCUT2D eigenvalue weighted by molar-refractivity contribution is 6.22. The number of ether oxygens (including phenoxy) is 2. The molecule has 1 aromatic rings. The van der Waals surface area contributed by atoms with Crippen molar-refractivity contribution in [2.75, 3.05) is 33.4 Å². The fourth-order valence-electron chi connectivity index (χ4n) is 4.41. The van der Waals surface area contributed by atoms with E-state index in [1.807, 2.05) is 20.8 Å². The Bertz CT molecular complexity index is 974. The largest absolute Gasteiger partial charge is 0.478 e. The molecule has 0 unspecified atom stereocenters. The van der Waals surface area contributed by atoms with Crippen LogP contribution in [0, 0.1) is 11.3 Å². The molecule has 0 bridgehead atoms. The predicted molar refractivity (Wildman–Crippen MR) is 140 cm³/mol. The van der Waals surface area contributed by atoms with E-state index < -0.39 is 11.9 Å². The Labute approximate surface area is 214 Å². The minimum absolute atomic E-state index is 0.0447. The number of nitrogens with zero attached hydrogens (tertiary/aromatic N) is 1. The van der Waals surface area contributed by atoms with Gasteiger partial charge in [-0.3, -0.25) is 9.79 Å². The summed E-state index contributed by atoms with van der Waals surface area (Å²) in [7, 11) is 1.77. The average molecular weight is 501 g/mol. The van der Waals surface area contributed by atoms with Crippen molar-refractivity contribution in [3.05, 3.63) is 46.5 Å². The lowest BCUT2D eigenvalue weighted by Gasteiger charge is -2.36. The minimum Gasteiger partial charge on any atom is -0.478 e. The number of carboxylic acids is 1. The van der Waals surface area contributed by atoms with Crippen LogP contribution in [0.5, 0.6) is 0 Å². The number of aromatic carboxylic acids is 1. The summed E-state index contributed by atoms with van der Waals surface area (Å²) < 4.78 is 10.6. The van der Waals surface area contributed by atoms with E-state index >= 15 is 0 Å². The zero-order chi connectivity index (χ0) is 26.7. The Morgan fingerprint density at radius 2 is 1.78 bits per heavy atom. The van der Waals surface area contributed by atoms with Crippen LogP contribution < -0.4 is 5.32 Å². The summed E-state index contributed by atoms with van der Waals surface area (Å²) in [4.78, 5) is 38.8. The Kier molecular flexibility index (Phi) is 11.3. The van der Waals surface area contributed by atoms with Crippen LogP contribution >= 0.6 is 0 Å². The van der Waals surface area contributed by atoms with Crippen LogP contribution in [0.3, 0.4) is 0 Å². The second kappa shape index (κ2) is 13.9. The molecule has 0 radical (unpaired) electrons. The van der Waals surface area contributed by atoms with Crippen LogP contribution in [0.25, 0.3) is 0 Å². The monoisotopic (exact) mass is 500 g/mol. The van der Waals surface area contributed by atoms with Gasteiger partial charge in [0.1, 0.15) is 0 Å². The quantitative estimate of drug-likeness (QED) is 0.415. The van der Waals surface area contributed by atoms with Crippen LogP contribution in [0.15, 0.2) is 40.4 Å². The highest BCUT2D eigenvalue weighted by Crippen LogP contribution is 2.38. The van der Waals surface area contributed by atoms with Crippen LogP contribution in [-0.2, 0) is 14.3 Å². The highest BCUT2D eigenvalue weighted by atomic mass is 16.5. The molecule has 0 aliphatic carbocycles. The van der Waals surface area contributed by atoms with Gasteiger partial charge in [-0.2, -0.15) is 0 Å². The minimum atomic E-state index is -1.01. The number of carboxylic acid groups (broad SMARTS) is 1. The van der Waals surface area contributed by atoms with Crippen molar-refractivity contribution in [1.29, 1.82) is 0 Å². The van der Waals surface area contributed by atoms with E-state index in [-0.39, 0.29) is 16.9 Å². The average Bonchev–Trinajstić information content (AvgIpc) is 3.00. The number of nitrogens with one attached hydrogen (secondary N) is 1. The molecule has 36 heavy (non-hydrogen) atoms. The zero-order valence-electron chi connectivity index (χ0n) is 22.2. The number of esters is 1. The lowest BCUT2D eigenvalue weighted by molar-refractivity contribution is -0.117. The molecule has 8 heteroatoms. The third-order valence-electron chi connectivity index (χ3n) is 6.93. The van der Waals surface area contributed by atoms with E-state index in [0.29, 0.717) is 18.1 Å². The highest BCUT2D eigenvalue weighted by Gasteiger charge is 2.37. The van der Waals surface area contributed by atoms with Crippen molar-refractivity contribution in [2.24, 2.45) is 16.3 Å². The summed E-state index contributed by atoms with van der Waals surface area (Å²) in [5.74, 6) is -1.05. The fourth-order valence-corrected chi connectivity index (χ4v) is 4.41. The van der Waals surface area contributed by atoms with Crippen LogP contribution in [0.1, 0.15) is 80.5 Å². The van der Waals surface area contributed by atoms with Gasteiger partial charge in [0, 0.05) is 32.5 Å². The summed E-state index contributed by atoms with van der Waals surface area (Å²) in [5.41, 5.74) is 3.63. The first-order valence-electron chi connectivity index (χ1n) is 12.7. The van der Waals surface area contributed by atoms with Crippen molar-refractivity contribution in [1.82, 2.24) is 5.32 Å². The number of carbonyl (C=O) groups excluding carboxylic acids is 2. The Morgan fingerprint density at radius 1 is 1.17 bits per heavy atom. The van der Waals surface area contributed by atoms with Crippen molar-refractivity contribution in [3.63, 3.8) is 0 Å². The number of rotatable bonds is 7. The Morgan fingerprint density at radius 3 is 2.31 bits per heavy atom. The number of hydrogen-bond donors (Lipinski definition) is 2. The van der Waals surface area contributed by atoms with Crippen molar-refractivity contribution in [2.45, 2.75) is 59.8 Å². The van der Waals surface area contributed by atoms with Crippen LogP contribution in [-0.4, -0.2) is 62.1 Å².